The van der Waals surface area contributed by atoms with Gasteiger partial charge in [-0.15, -0.1) is 11.3 Å². The van der Waals surface area contributed by atoms with E-state index in [1.165, 1.54) is 10.7 Å². The van der Waals surface area contributed by atoms with Crippen LogP contribution in [0.4, 0.5) is 0 Å². The molecule has 0 bridgehead atoms. The summed E-state index contributed by atoms with van der Waals surface area (Å²) in [5, 5.41) is 9.10. The summed E-state index contributed by atoms with van der Waals surface area (Å²) in [6, 6.07) is 14.0. The van der Waals surface area contributed by atoms with Crippen molar-refractivity contribution in [2.75, 3.05) is 13.7 Å². The van der Waals surface area contributed by atoms with Crippen LogP contribution in [0, 0.1) is 0 Å². The second-order valence-electron chi connectivity index (χ2n) is 5.25. The Hall–Kier alpha value is -2.93. The number of hydrogen-bond acceptors (Lipinski definition) is 5. The Morgan fingerprint density at radius 1 is 1.24 bits per heavy atom. The van der Waals surface area contributed by atoms with Crippen molar-refractivity contribution in [2.45, 2.75) is 6.54 Å². The molecule has 1 N–H and O–H groups in total. The first-order valence-corrected chi connectivity index (χ1v) is 8.59. The standard InChI is InChI=1S/C18H17N3O3S/c1-24-14-5-2-4-13(12-14)18(23)19-9-10-21-17(22)8-7-15(20-21)16-6-3-11-25-16/h2-8,11-12H,9-10H2,1H3,(H,19,23). The summed E-state index contributed by atoms with van der Waals surface area (Å²) in [6.07, 6.45) is 0. The van der Waals surface area contributed by atoms with Gasteiger partial charge in [-0.3, -0.25) is 9.59 Å². The minimum atomic E-state index is -0.221. The van der Waals surface area contributed by atoms with Gasteiger partial charge in [0.05, 0.1) is 18.5 Å². The summed E-state index contributed by atoms with van der Waals surface area (Å²) in [6.45, 7) is 0.602. The summed E-state index contributed by atoms with van der Waals surface area (Å²) in [5.41, 5.74) is 1.05. The summed E-state index contributed by atoms with van der Waals surface area (Å²) in [5.74, 6) is 0.399. The zero-order valence-corrected chi connectivity index (χ0v) is 14.5. The van der Waals surface area contributed by atoms with Crippen LogP contribution in [0.25, 0.3) is 10.6 Å². The smallest absolute Gasteiger partial charge is 0.266 e. The number of rotatable bonds is 6. The maximum absolute atomic E-state index is 12.2. The molecule has 0 spiro atoms. The number of ether oxygens (including phenoxy) is 1. The number of nitrogens with one attached hydrogen (secondary N) is 1. The van der Waals surface area contributed by atoms with Crippen molar-refractivity contribution in [1.29, 1.82) is 0 Å². The van der Waals surface area contributed by atoms with Crippen LogP contribution >= 0.6 is 11.3 Å². The third-order valence-corrected chi connectivity index (χ3v) is 4.47. The molecule has 0 fully saturated rings. The number of hydrogen-bond donors (Lipinski definition) is 1. The highest BCUT2D eigenvalue weighted by Crippen LogP contribution is 2.21. The van der Waals surface area contributed by atoms with Gasteiger partial charge in [0.1, 0.15) is 11.4 Å². The van der Waals surface area contributed by atoms with Gasteiger partial charge in [0.2, 0.25) is 0 Å². The van der Waals surface area contributed by atoms with E-state index in [0.29, 0.717) is 24.4 Å². The van der Waals surface area contributed by atoms with Crippen molar-refractivity contribution in [2.24, 2.45) is 0 Å². The van der Waals surface area contributed by atoms with Gasteiger partial charge in [0.25, 0.3) is 11.5 Å². The molecule has 0 atom stereocenters. The summed E-state index contributed by atoms with van der Waals surface area (Å²) in [4.78, 5) is 25.1. The molecule has 3 aromatic rings. The molecule has 0 saturated heterocycles. The molecule has 2 aromatic heterocycles. The van der Waals surface area contributed by atoms with Gasteiger partial charge in [-0.1, -0.05) is 12.1 Å². The van der Waals surface area contributed by atoms with Crippen LogP contribution in [0.5, 0.6) is 5.75 Å². The second kappa shape index (κ2) is 7.76. The van der Waals surface area contributed by atoms with Crippen molar-refractivity contribution in [3.63, 3.8) is 0 Å². The zero-order valence-electron chi connectivity index (χ0n) is 13.6. The largest absolute Gasteiger partial charge is 0.497 e. The monoisotopic (exact) mass is 355 g/mol. The molecular weight excluding hydrogens is 338 g/mol. The summed E-state index contributed by atoms with van der Waals surface area (Å²) >= 11 is 1.56. The molecule has 2 heterocycles. The molecule has 128 valence electrons. The molecule has 0 aliphatic heterocycles. The fraction of sp³-hybridized carbons (Fsp3) is 0.167. The topological polar surface area (TPSA) is 73.2 Å². The molecule has 3 rings (SSSR count). The lowest BCUT2D eigenvalue weighted by Crippen LogP contribution is -2.31. The first kappa shape index (κ1) is 16.9. The van der Waals surface area contributed by atoms with Crippen LogP contribution in [0.2, 0.25) is 0 Å². The Kier molecular flexibility index (Phi) is 5.25. The minimum absolute atomic E-state index is 0.198. The van der Waals surface area contributed by atoms with E-state index in [2.05, 4.69) is 10.4 Å². The highest BCUT2D eigenvalue weighted by molar-refractivity contribution is 7.13. The number of carbonyl (C=O) groups is 1. The summed E-state index contributed by atoms with van der Waals surface area (Å²) < 4.78 is 6.47. The van der Waals surface area contributed by atoms with Gasteiger partial charge >= 0.3 is 0 Å². The van der Waals surface area contributed by atoms with E-state index in [9.17, 15) is 9.59 Å². The van der Waals surface area contributed by atoms with E-state index in [1.807, 2.05) is 17.5 Å². The van der Waals surface area contributed by atoms with E-state index < -0.39 is 0 Å². The lowest BCUT2D eigenvalue weighted by atomic mass is 10.2. The third kappa shape index (κ3) is 4.13. The van der Waals surface area contributed by atoms with Gasteiger partial charge < -0.3 is 10.1 Å². The third-order valence-electron chi connectivity index (χ3n) is 3.58. The molecule has 1 aromatic carbocycles. The Labute approximate surface area is 148 Å². The van der Waals surface area contributed by atoms with Crippen LogP contribution in [0.3, 0.4) is 0 Å². The van der Waals surface area contributed by atoms with Gasteiger partial charge in [-0.25, -0.2) is 4.68 Å². The first-order chi connectivity index (χ1) is 12.2. The molecule has 0 unspecified atom stereocenters. The van der Waals surface area contributed by atoms with Crippen molar-refractivity contribution in [1.82, 2.24) is 15.1 Å². The number of amides is 1. The van der Waals surface area contributed by atoms with E-state index in [-0.39, 0.29) is 11.5 Å². The Morgan fingerprint density at radius 3 is 2.88 bits per heavy atom. The number of benzene rings is 1. The number of carbonyl (C=O) groups excluding carboxylic acids is 1. The maximum Gasteiger partial charge on any atom is 0.266 e. The number of nitrogens with zero attached hydrogens (tertiary/aromatic N) is 2. The SMILES string of the molecule is COc1cccc(C(=O)NCCn2nc(-c3cccs3)ccc2=O)c1. The van der Waals surface area contributed by atoms with Crippen molar-refractivity contribution < 1.29 is 9.53 Å². The Bertz CT molecular complexity index is 919. The van der Waals surface area contributed by atoms with Crippen molar-refractivity contribution in [3.05, 3.63) is 69.8 Å². The van der Waals surface area contributed by atoms with Gasteiger partial charge in [0, 0.05) is 18.2 Å². The molecular formula is C18H17N3O3S. The minimum Gasteiger partial charge on any atom is -0.497 e. The van der Waals surface area contributed by atoms with Gasteiger partial charge in [0.15, 0.2) is 0 Å². The molecule has 0 saturated carbocycles. The number of aromatic nitrogens is 2. The molecule has 25 heavy (non-hydrogen) atoms. The maximum atomic E-state index is 12.2. The molecule has 0 aliphatic rings. The first-order valence-electron chi connectivity index (χ1n) is 7.71. The van der Waals surface area contributed by atoms with Crippen LogP contribution in [-0.4, -0.2) is 29.3 Å². The predicted molar refractivity (Wildman–Crippen MR) is 97.1 cm³/mol. The van der Waals surface area contributed by atoms with Crippen LogP contribution in [0.1, 0.15) is 10.4 Å². The average Bonchev–Trinajstić information content (AvgIpc) is 3.18. The lowest BCUT2D eigenvalue weighted by molar-refractivity contribution is 0.0951. The Balaban J connectivity index is 1.64. The fourth-order valence-electron chi connectivity index (χ4n) is 2.31. The molecule has 0 radical (unpaired) electrons. The second-order valence-corrected chi connectivity index (χ2v) is 6.19. The highest BCUT2D eigenvalue weighted by Gasteiger charge is 2.08. The molecule has 1 amide bonds. The normalized spacial score (nSPS) is 10.4. The highest BCUT2D eigenvalue weighted by atomic mass is 32.1. The average molecular weight is 355 g/mol. The molecule has 7 heteroatoms. The number of thiophene rings is 1. The van der Waals surface area contributed by atoms with Crippen molar-refractivity contribution >= 4 is 17.2 Å². The lowest BCUT2D eigenvalue weighted by Gasteiger charge is -2.08. The molecule has 0 aliphatic carbocycles. The Morgan fingerprint density at radius 2 is 2.12 bits per heavy atom. The van der Waals surface area contributed by atoms with E-state index >= 15 is 0 Å². The van der Waals surface area contributed by atoms with Crippen molar-refractivity contribution in [3.8, 4) is 16.3 Å². The van der Waals surface area contributed by atoms with Crippen LogP contribution < -0.4 is 15.6 Å². The molecule has 6 nitrogen and oxygen atoms in total. The van der Waals surface area contributed by atoms with Gasteiger partial charge in [-0.2, -0.15) is 5.10 Å². The predicted octanol–water partition coefficient (Wildman–Crippen LogP) is 2.41. The van der Waals surface area contributed by atoms with Gasteiger partial charge in [-0.05, 0) is 35.7 Å². The van der Waals surface area contributed by atoms with Crippen LogP contribution in [0.15, 0.2) is 58.7 Å². The fourth-order valence-corrected chi connectivity index (χ4v) is 3.00. The number of methoxy groups -OCH3 is 1. The summed E-state index contributed by atoms with van der Waals surface area (Å²) in [7, 11) is 1.55. The van der Waals surface area contributed by atoms with Crippen LogP contribution in [-0.2, 0) is 6.54 Å². The van der Waals surface area contributed by atoms with E-state index in [4.69, 9.17) is 4.74 Å². The van der Waals surface area contributed by atoms with E-state index in [0.717, 1.165) is 10.6 Å². The zero-order chi connectivity index (χ0) is 17.6. The van der Waals surface area contributed by atoms with E-state index in [1.54, 1.807) is 48.8 Å². The quantitative estimate of drug-likeness (QED) is 0.737.